The molecule has 1 amide bonds. The first kappa shape index (κ1) is 25.7. The summed E-state index contributed by atoms with van der Waals surface area (Å²) in [5.41, 5.74) is 2.34. The molecule has 1 saturated heterocycles. The Labute approximate surface area is 210 Å². The molecular weight excluding hydrogens is 482 g/mol. The number of alkyl carbamates (subject to hydrolysis) is 1. The van der Waals surface area contributed by atoms with Crippen LogP contribution in [0.25, 0.3) is 22.2 Å². The second kappa shape index (κ2) is 10.3. The Morgan fingerprint density at radius 2 is 1.81 bits per heavy atom. The number of hydrogen-bond acceptors (Lipinski definition) is 9. The van der Waals surface area contributed by atoms with Gasteiger partial charge in [-0.05, 0) is 44.5 Å². The van der Waals surface area contributed by atoms with Crippen LogP contribution in [0, 0.1) is 0 Å². The Morgan fingerprint density at radius 3 is 2.50 bits per heavy atom. The van der Waals surface area contributed by atoms with Gasteiger partial charge in [0.1, 0.15) is 16.3 Å². The van der Waals surface area contributed by atoms with Crippen molar-refractivity contribution in [2.75, 3.05) is 44.2 Å². The molecule has 36 heavy (non-hydrogen) atoms. The van der Waals surface area contributed by atoms with E-state index in [2.05, 4.69) is 25.1 Å². The largest absolute Gasteiger partial charge is 0.444 e. The number of aromatic nitrogens is 3. The molecule has 1 aromatic carbocycles. The standard InChI is InChI=1S/C24H31N7O4S/c1-24(2,3)35-23(32)27-6-7-30-8-10-31(11-9-30)22-16-28-20-5-4-17(13-21(20)29-22)18-12-19(15-26-14-18)36(25,33)34/h4-5,12-16H,6-11H2,1-3H3,(H,27,32)(H2,25,33,34). The number of nitrogens with two attached hydrogens (primary N) is 1. The molecule has 0 radical (unpaired) electrons. The van der Waals surface area contributed by atoms with Gasteiger partial charge >= 0.3 is 6.09 Å². The predicted octanol–water partition coefficient (Wildman–Crippen LogP) is 1.99. The number of benzene rings is 1. The van der Waals surface area contributed by atoms with Gasteiger partial charge in [0, 0.05) is 57.2 Å². The summed E-state index contributed by atoms with van der Waals surface area (Å²) in [6.45, 7) is 10.0. The number of nitrogens with zero attached hydrogens (tertiary/aromatic N) is 5. The van der Waals surface area contributed by atoms with Crippen LogP contribution in [-0.4, -0.2) is 79.2 Å². The number of carbonyl (C=O) groups is 1. The van der Waals surface area contributed by atoms with Crippen molar-refractivity contribution in [2.45, 2.75) is 31.3 Å². The first-order valence-electron chi connectivity index (χ1n) is 11.7. The summed E-state index contributed by atoms with van der Waals surface area (Å²) in [5.74, 6) is 0.780. The highest BCUT2D eigenvalue weighted by Crippen LogP contribution is 2.25. The SMILES string of the molecule is CC(C)(C)OC(=O)NCCN1CCN(c2cnc3ccc(-c4cncc(S(N)(=O)=O)c4)cc3n2)CC1. The molecule has 4 rings (SSSR count). The van der Waals surface area contributed by atoms with E-state index < -0.39 is 21.7 Å². The van der Waals surface area contributed by atoms with Crippen LogP contribution < -0.4 is 15.4 Å². The fourth-order valence-electron chi connectivity index (χ4n) is 3.90. The van der Waals surface area contributed by atoms with E-state index in [0.29, 0.717) is 17.6 Å². The topological polar surface area (TPSA) is 144 Å². The molecule has 0 unspecified atom stereocenters. The van der Waals surface area contributed by atoms with E-state index in [-0.39, 0.29) is 4.90 Å². The van der Waals surface area contributed by atoms with Crippen molar-refractivity contribution in [3.63, 3.8) is 0 Å². The monoisotopic (exact) mass is 513 g/mol. The molecule has 0 spiro atoms. The van der Waals surface area contributed by atoms with Crippen molar-refractivity contribution in [3.8, 4) is 11.1 Å². The molecule has 192 valence electrons. The van der Waals surface area contributed by atoms with Crippen molar-refractivity contribution in [2.24, 2.45) is 5.14 Å². The summed E-state index contributed by atoms with van der Waals surface area (Å²) >= 11 is 0. The van der Waals surface area contributed by atoms with Crippen molar-refractivity contribution in [1.82, 2.24) is 25.2 Å². The lowest BCUT2D eigenvalue weighted by Crippen LogP contribution is -2.49. The lowest BCUT2D eigenvalue weighted by molar-refractivity contribution is 0.0521. The number of pyridine rings is 1. The van der Waals surface area contributed by atoms with Crippen LogP contribution in [0.4, 0.5) is 10.6 Å². The quantitative estimate of drug-likeness (QED) is 0.505. The Bertz CT molecular complexity index is 1350. The first-order valence-corrected chi connectivity index (χ1v) is 13.2. The molecule has 1 fully saturated rings. The van der Waals surface area contributed by atoms with Crippen LogP contribution in [-0.2, 0) is 14.8 Å². The Kier molecular flexibility index (Phi) is 7.38. The molecular formula is C24H31N7O4S. The zero-order valence-electron chi connectivity index (χ0n) is 20.6. The van der Waals surface area contributed by atoms with Gasteiger partial charge in [-0.1, -0.05) is 6.07 Å². The Balaban J connectivity index is 1.39. The third kappa shape index (κ3) is 6.65. The number of rotatable bonds is 6. The molecule has 3 aromatic rings. The van der Waals surface area contributed by atoms with E-state index in [1.807, 2.05) is 39.0 Å². The number of ether oxygens (including phenoxy) is 1. The normalized spacial score (nSPS) is 15.2. The van der Waals surface area contributed by atoms with Crippen molar-refractivity contribution >= 4 is 33.0 Å². The number of carbonyl (C=O) groups excluding carboxylic acids is 1. The summed E-state index contributed by atoms with van der Waals surface area (Å²) in [4.78, 5) is 29.6. The second-order valence-electron chi connectivity index (χ2n) is 9.64. The highest BCUT2D eigenvalue weighted by molar-refractivity contribution is 7.89. The summed E-state index contributed by atoms with van der Waals surface area (Å²) in [6, 6.07) is 7.07. The maximum Gasteiger partial charge on any atom is 0.407 e. The number of amides is 1. The van der Waals surface area contributed by atoms with E-state index in [4.69, 9.17) is 14.9 Å². The van der Waals surface area contributed by atoms with Gasteiger partial charge in [-0.25, -0.2) is 23.3 Å². The fraction of sp³-hybridized carbons (Fsp3) is 0.417. The maximum atomic E-state index is 11.8. The molecule has 0 saturated carbocycles. The molecule has 11 nitrogen and oxygen atoms in total. The van der Waals surface area contributed by atoms with E-state index in [1.165, 1.54) is 12.3 Å². The van der Waals surface area contributed by atoms with E-state index >= 15 is 0 Å². The minimum absolute atomic E-state index is 0.0425. The zero-order chi connectivity index (χ0) is 25.9. The van der Waals surface area contributed by atoms with Crippen LogP contribution in [0.15, 0.2) is 47.8 Å². The van der Waals surface area contributed by atoms with Crippen LogP contribution in [0.3, 0.4) is 0 Å². The maximum absolute atomic E-state index is 11.8. The molecule has 1 aliphatic rings. The van der Waals surface area contributed by atoms with E-state index in [0.717, 1.165) is 49.6 Å². The number of anilines is 1. The van der Waals surface area contributed by atoms with Gasteiger partial charge in [0.15, 0.2) is 0 Å². The Hall–Kier alpha value is -3.35. The van der Waals surface area contributed by atoms with Crippen LogP contribution in [0.2, 0.25) is 0 Å². The van der Waals surface area contributed by atoms with Gasteiger partial charge in [-0.3, -0.25) is 14.9 Å². The highest BCUT2D eigenvalue weighted by Gasteiger charge is 2.20. The van der Waals surface area contributed by atoms with Crippen LogP contribution in [0.1, 0.15) is 20.8 Å². The smallest absolute Gasteiger partial charge is 0.407 e. The van der Waals surface area contributed by atoms with Crippen LogP contribution >= 0.6 is 0 Å². The number of primary sulfonamides is 1. The summed E-state index contributed by atoms with van der Waals surface area (Å²) in [7, 11) is -3.85. The number of sulfonamides is 1. The Morgan fingerprint density at radius 1 is 1.06 bits per heavy atom. The molecule has 2 aromatic heterocycles. The molecule has 3 heterocycles. The lowest BCUT2D eigenvalue weighted by Gasteiger charge is -2.35. The van der Waals surface area contributed by atoms with Crippen molar-refractivity contribution in [1.29, 1.82) is 0 Å². The van der Waals surface area contributed by atoms with Gasteiger partial charge < -0.3 is 15.0 Å². The lowest BCUT2D eigenvalue weighted by atomic mass is 10.1. The van der Waals surface area contributed by atoms with E-state index in [9.17, 15) is 13.2 Å². The molecule has 1 aliphatic heterocycles. The summed E-state index contributed by atoms with van der Waals surface area (Å²) < 4.78 is 28.7. The highest BCUT2D eigenvalue weighted by atomic mass is 32.2. The average molecular weight is 514 g/mol. The third-order valence-corrected chi connectivity index (χ3v) is 6.58. The van der Waals surface area contributed by atoms with Gasteiger partial charge in [0.25, 0.3) is 0 Å². The van der Waals surface area contributed by atoms with Gasteiger partial charge in [-0.2, -0.15) is 0 Å². The van der Waals surface area contributed by atoms with Gasteiger partial charge in [-0.15, -0.1) is 0 Å². The predicted molar refractivity (Wildman–Crippen MR) is 137 cm³/mol. The second-order valence-corrected chi connectivity index (χ2v) is 11.2. The first-order chi connectivity index (χ1) is 17.0. The zero-order valence-corrected chi connectivity index (χ0v) is 21.5. The molecule has 3 N–H and O–H groups in total. The molecule has 12 heteroatoms. The van der Waals surface area contributed by atoms with Gasteiger partial charge in [0.05, 0.1) is 17.2 Å². The summed E-state index contributed by atoms with van der Waals surface area (Å²) in [5, 5.41) is 8.04. The molecule has 0 bridgehead atoms. The third-order valence-electron chi connectivity index (χ3n) is 5.70. The van der Waals surface area contributed by atoms with Crippen molar-refractivity contribution in [3.05, 3.63) is 42.9 Å². The van der Waals surface area contributed by atoms with Crippen molar-refractivity contribution < 1.29 is 17.9 Å². The molecule has 0 atom stereocenters. The van der Waals surface area contributed by atoms with E-state index in [1.54, 1.807) is 12.4 Å². The minimum atomic E-state index is -3.85. The fourth-order valence-corrected chi connectivity index (χ4v) is 4.40. The molecule has 0 aliphatic carbocycles. The summed E-state index contributed by atoms with van der Waals surface area (Å²) in [6.07, 6.45) is 4.18. The minimum Gasteiger partial charge on any atom is -0.444 e. The number of nitrogens with one attached hydrogen (secondary N) is 1. The number of fused-ring (bicyclic) bond motifs is 1. The van der Waals surface area contributed by atoms with Crippen LogP contribution in [0.5, 0.6) is 0 Å². The van der Waals surface area contributed by atoms with Gasteiger partial charge in [0.2, 0.25) is 10.0 Å². The average Bonchev–Trinajstić information content (AvgIpc) is 2.82. The number of piperazine rings is 1. The number of hydrogen-bond donors (Lipinski definition) is 2.